The Bertz CT molecular complexity index is 554. The zero-order valence-corrected chi connectivity index (χ0v) is 15.1. The fourth-order valence-electron chi connectivity index (χ4n) is 1.57. The van der Waals surface area contributed by atoms with Gasteiger partial charge in [0.25, 0.3) is 0 Å². The van der Waals surface area contributed by atoms with Crippen molar-refractivity contribution >= 4 is 14.2 Å². The third-order valence-corrected chi connectivity index (χ3v) is 8.64. The first-order chi connectivity index (χ1) is 9.95. The molecule has 0 bridgehead atoms. The molecule has 3 nitrogen and oxygen atoms in total. The average molecular weight is 329 g/mol. The Morgan fingerprint density at radius 2 is 1.68 bits per heavy atom. The van der Waals surface area contributed by atoms with Crippen LogP contribution in [0.4, 0.5) is 8.78 Å². The SMILES string of the molecule is CC(=O)NCc1ccc(CO[Si](C)(C)C(C)(C)C)c(F)c1F. The topological polar surface area (TPSA) is 38.3 Å². The van der Waals surface area contributed by atoms with Crippen LogP contribution >= 0.6 is 0 Å². The summed E-state index contributed by atoms with van der Waals surface area (Å²) in [6.07, 6.45) is 0. The van der Waals surface area contributed by atoms with Crippen molar-refractivity contribution in [2.24, 2.45) is 0 Å². The highest BCUT2D eigenvalue weighted by molar-refractivity contribution is 6.74. The van der Waals surface area contributed by atoms with E-state index in [-0.39, 0.29) is 35.2 Å². The molecule has 6 heteroatoms. The van der Waals surface area contributed by atoms with Gasteiger partial charge in [-0.05, 0) is 18.1 Å². The van der Waals surface area contributed by atoms with E-state index in [1.807, 2.05) is 0 Å². The van der Waals surface area contributed by atoms with E-state index in [1.54, 1.807) is 0 Å². The molecule has 0 atom stereocenters. The number of hydrogen-bond donors (Lipinski definition) is 1. The van der Waals surface area contributed by atoms with Crippen molar-refractivity contribution in [1.82, 2.24) is 5.32 Å². The second-order valence-electron chi connectivity index (χ2n) is 6.97. The molecule has 22 heavy (non-hydrogen) atoms. The van der Waals surface area contributed by atoms with Crippen molar-refractivity contribution in [2.75, 3.05) is 0 Å². The lowest BCUT2D eigenvalue weighted by Gasteiger charge is -2.36. The van der Waals surface area contributed by atoms with Gasteiger partial charge in [-0.2, -0.15) is 0 Å². The fourth-order valence-corrected chi connectivity index (χ4v) is 2.52. The summed E-state index contributed by atoms with van der Waals surface area (Å²) < 4.78 is 34.0. The van der Waals surface area contributed by atoms with Gasteiger partial charge in [-0.25, -0.2) is 8.78 Å². The van der Waals surface area contributed by atoms with Gasteiger partial charge in [0.15, 0.2) is 20.0 Å². The first-order valence-corrected chi connectivity index (χ1v) is 10.2. The Hall–Kier alpha value is -1.27. The summed E-state index contributed by atoms with van der Waals surface area (Å²) >= 11 is 0. The Balaban J connectivity index is 2.86. The predicted molar refractivity (Wildman–Crippen MR) is 85.9 cm³/mol. The maximum atomic E-state index is 14.1. The van der Waals surface area contributed by atoms with E-state index < -0.39 is 20.0 Å². The van der Waals surface area contributed by atoms with Gasteiger partial charge in [-0.3, -0.25) is 4.79 Å². The third kappa shape index (κ3) is 4.61. The number of benzene rings is 1. The summed E-state index contributed by atoms with van der Waals surface area (Å²) in [6, 6.07) is 3.00. The predicted octanol–water partition coefficient (Wildman–Crippen LogP) is 4.12. The van der Waals surface area contributed by atoms with Crippen LogP contribution < -0.4 is 5.32 Å². The summed E-state index contributed by atoms with van der Waals surface area (Å²) in [6.45, 7) is 11.8. The molecule has 0 aliphatic heterocycles. The molecule has 0 spiro atoms. The lowest BCUT2D eigenvalue weighted by Crippen LogP contribution is -2.40. The summed E-state index contributed by atoms with van der Waals surface area (Å²) in [7, 11) is -2.02. The quantitative estimate of drug-likeness (QED) is 0.825. The van der Waals surface area contributed by atoms with Crippen molar-refractivity contribution < 1.29 is 18.0 Å². The van der Waals surface area contributed by atoms with Gasteiger partial charge in [0, 0.05) is 24.6 Å². The monoisotopic (exact) mass is 329 g/mol. The van der Waals surface area contributed by atoms with Crippen LogP contribution in [0.25, 0.3) is 0 Å². The van der Waals surface area contributed by atoms with Gasteiger partial charge in [0.05, 0.1) is 6.61 Å². The van der Waals surface area contributed by atoms with Crippen LogP contribution in [0.5, 0.6) is 0 Å². The molecule has 0 aliphatic carbocycles. The normalized spacial score (nSPS) is 12.4. The summed E-state index contributed by atoms with van der Waals surface area (Å²) in [4.78, 5) is 10.8. The number of hydrogen-bond acceptors (Lipinski definition) is 2. The molecule has 0 saturated heterocycles. The van der Waals surface area contributed by atoms with Crippen molar-refractivity contribution in [3.05, 3.63) is 34.9 Å². The van der Waals surface area contributed by atoms with Crippen LogP contribution in [0.3, 0.4) is 0 Å². The summed E-state index contributed by atoms with van der Waals surface area (Å²) in [5.41, 5.74) is 0.331. The van der Waals surface area contributed by atoms with Crippen molar-refractivity contribution in [1.29, 1.82) is 0 Å². The first-order valence-electron chi connectivity index (χ1n) is 7.30. The molecule has 124 valence electrons. The first kappa shape index (κ1) is 18.8. The van der Waals surface area contributed by atoms with Gasteiger partial charge in [0.1, 0.15) is 0 Å². The van der Waals surface area contributed by atoms with E-state index in [1.165, 1.54) is 19.1 Å². The number of carbonyl (C=O) groups excluding carboxylic acids is 1. The average Bonchev–Trinajstić information content (AvgIpc) is 2.37. The minimum absolute atomic E-state index is 0.00731. The maximum Gasteiger partial charge on any atom is 0.217 e. The standard InChI is InChI=1S/C16H25F2NO2Si/c1-11(20)19-9-12-7-8-13(15(18)14(12)17)10-21-22(5,6)16(2,3)4/h7-8H,9-10H2,1-6H3,(H,19,20). The summed E-state index contributed by atoms with van der Waals surface area (Å²) in [5.74, 6) is -2.11. The molecule has 0 radical (unpaired) electrons. The molecule has 0 heterocycles. The molecule has 0 aromatic heterocycles. The smallest absolute Gasteiger partial charge is 0.217 e. The minimum Gasteiger partial charge on any atom is -0.412 e. The van der Waals surface area contributed by atoms with Crippen LogP contribution in [-0.4, -0.2) is 14.2 Å². The Morgan fingerprint density at radius 3 is 2.18 bits per heavy atom. The lowest BCUT2D eigenvalue weighted by molar-refractivity contribution is -0.119. The van der Waals surface area contributed by atoms with E-state index in [9.17, 15) is 13.6 Å². The number of rotatable bonds is 5. The van der Waals surface area contributed by atoms with Gasteiger partial charge < -0.3 is 9.74 Å². The van der Waals surface area contributed by atoms with Crippen LogP contribution in [-0.2, 0) is 22.4 Å². The molecule has 1 aromatic carbocycles. The highest BCUT2D eigenvalue weighted by Crippen LogP contribution is 2.37. The molecule has 0 aliphatic rings. The highest BCUT2D eigenvalue weighted by Gasteiger charge is 2.37. The largest absolute Gasteiger partial charge is 0.412 e. The number of nitrogens with one attached hydrogen (secondary N) is 1. The van der Waals surface area contributed by atoms with E-state index in [4.69, 9.17) is 4.43 Å². The lowest BCUT2D eigenvalue weighted by atomic mass is 10.1. The van der Waals surface area contributed by atoms with Crippen LogP contribution in [0, 0.1) is 11.6 Å². The minimum atomic E-state index is -2.02. The zero-order chi connectivity index (χ0) is 17.1. The van der Waals surface area contributed by atoms with E-state index in [0.717, 1.165) is 0 Å². The molecular weight excluding hydrogens is 304 g/mol. The fraction of sp³-hybridized carbons (Fsp3) is 0.562. The molecular formula is C16H25F2NO2Si. The Kier molecular flexibility index (Phi) is 5.87. The zero-order valence-electron chi connectivity index (χ0n) is 14.1. The van der Waals surface area contributed by atoms with E-state index >= 15 is 0 Å². The number of carbonyl (C=O) groups is 1. The van der Waals surface area contributed by atoms with E-state index in [2.05, 4.69) is 39.2 Å². The molecule has 1 rings (SSSR count). The van der Waals surface area contributed by atoms with Crippen molar-refractivity contribution in [2.45, 2.75) is 59.0 Å². The molecule has 1 amide bonds. The van der Waals surface area contributed by atoms with Crippen LogP contribution in [0.1, 0.15) is 38.8 Å². The van der Waals surface area contributed by atoms with Crippen LogP contribution in [0.2, 0.25) is 18.1 Å². The van der Waals surface area contributed by atoms with Crippen molar-refractivity contribution in [3.63, 3.8) is 0 Å². The molecule has 0 fully saturated rings. The highest BCUT2D eigenvalue weighted by atomic mass is 28.4. The van der Waals surface area contributed by atoms with Crippen LogP contribution in [0.15, 0.2) is 12.1 Å². The number of amides is 1. The number of halogens is 2. The Morgan fingerprint density at radius 1 is 1.18 bits per heavy atom. The second-order valence-corrected chi connectivity index (χ2v) is 11.8. The van der Waals surface area contributed by atoms with Gasteiger partial charge in [0.2, 0.25) is 5.91 Å². The van der Waals surface area contributed by atoms with Gasteiger partial charge >= 0.3 is 0 Å². The van der Waals surface area contributed by atoms with Crippen molar-refractivity contribution in [3.8, 4) is 0 Å². The maximum absolute atomic E-state index is 14.1. The molecule has 1 N–H and O–H groups in total. The molecule has 0 saturated carbocycles. The molecule has 1 aromatic rings. The van der Waals surface area contributed by atoms with E-state index in [0.29, 0.717) is 0 Å². The van der Waals surface area contributed by atoms with Gasteiger partial charge in [-0.1, -0.05) is 32.9 Å². The second kappa shape index (κ2) is 6.87. The third-order valence-electron chi connectivity index (χ3n) is 4.16. The molecule has 0 unspecified atom stereocenters. The van der Waals surface area contributed by atoms with Gasteiger partial charge in [-0.15, -0.1) is 0 Å². The summed E-state index contributed by atoms with van der Waals surface area (Å²) in [5, 5.41) is 2.46. The Labute approximate surface area is 132 Å².